The second-order valence-electron chi connectivity index (χ2n) is 20.9. The molecule has 2 aromatic heterocycles. The summed E-state index contributed by atoms with van der Waals surface area (Å²) in [5.74, 6) is 0.306. The number of nitrogens with zero attached hydrogens (tertiary/aromatic N) is 1. The summed E-state index contributed by atoms with van der Waals surface area (Å²) in [6.07, 6.45) is 19.0. The van der Waals surface area contributed by atoms with Crippen LogP contribution in [0.1, 0.15) is 39.3 Å². The average molecular weight is 1030 g/mol. The molecule has 4 aliphatic rings. The van der Waals surface area contributed by atoms with E-state index in [1.807, 2.05) is 22.7 Å². The van der Waals surface area contributed by atoms with E-state index in [-0.39, 0.29) is 17.9 Å². The van der Waals surface area contributed by atoms with Crippen LogP contribution in [0.2, 0.25) is 0 Å². The monoisotopic (exact) mass is 1030 g/mol. The van der Waals surface area contributed by atoms with E-state index in [1.165, 1.54) is 141 Å². The van der Waals surface area contributed by atoms with Crippen LogP contribution in [-0.4, -0.2) is 6.04 Å². The first-order valence-electron chi connectivity index (χ1n) is 27.1. The smallest absolute Gasteiger partial charge is 0.0635 e. The van der Waals surface area contributed by atoms with Gasteiger partial charge in [-0.2, -0.15) is 0 Å². The Kier molecular flexibility index (Phi) is 10.6. The van der Waals surface area contributed by atoms with Gasteiger partial charge in [-0.1, -0.05) is 261 Å². The summed E-state index contributed by atoms with van der Waals surface area (Å²) in [6, 6.07) is 85.8. The van der Waals surface area contributed by atoms with E-state index in [0.717, 1.165) is 0 Å². The minimum atomic E-state index is 0.0522. The third-order valence-corrected chi connectivity index (χ3v) is 19.3. The van der Waals surface area contributed by atoms with Gasteiger partial charge in [0.15, 0.2) is 0 Å². The normalized spacial score (nSPS) is 17.3. The lowest BCUT2D eigenvalue weighted by molar-refractivity contribution is 0.747. The van der Waals surface area contributed by atoms with E-state index in [2.05, 4.69) is 284 Å². The van der Waals surface area contributed by atoms with Gasteiger partial charge in [0.1, 0.15) is 0 Å². The van der Waals surface area contributed by atoms with Crippen molar-refractivity contribution in [2.45, 2.75) is 12.0 Å². The van der Waals surface area contributed by atoms with Crippen LogP contribution >= 0.6 is 22.7 Å². The van der Waals surface area contributed by atoms with Crippen molar-refractivity contribution in [3.63, 3.8) is 0 Å². The lowest BCUT2D eigenvalue weighted by atomic mass is 9.85. The highest BCUT2D eigenvalue weighted by Crippen LogP contribution is 2.53. The van der Waals surface area contributed by atoms with E-state index in [4.69, 9.17) is 0 Å². The zero-order chi connectivity index (χ0) is 51.3. The lowest BCUT2D eigenvalue weighted by Gasteiger charge is -2.30. The molecule has 3 unspecified atom stereocenters. The van der Waals surface area contributed by atoms with Gasteiger partial charge in [0.25, 0.3) is 0 Å². The molecule has 12 aromatic rings. The summed E-state index contributed by atoms with van der Waals surface area (Å²) >= 11 is 3.85. The molecule has 0 saturated heterocycles. The van der Waals surface area contributed by atoms with Crippen LogP contribution in [0.4, 0.5) is 11.4 Å². The first kappa shape index (κ1) is 45.1. The van der Waals surface area contributed by atoms with Gasteiger partial charge in [0, 0.05) is 63.6 Å². The predicted octanol–water partition coefficient (Wildman–Crippen LogP) is 20.7. The Morgan fingerprint density at radius 2 is 0.872 bits per heavy atom. The van der Waals surface area contributed by atoms with Crippen LogP contribution < -0.4 is 4.90 Å². The molecular weight excluding hydrogens is 979 g/mol. The Labute approximate surface area is 462 Å². The number of allylic oxidation sites excluding steroid dienone is 8. The minimum Gasteiger partial charge on any atom is -0.333 e. The molecule has 1 nitrogen and oxygen atoms in total. The molecule has 1 aliphatic heterocycles. The molecule has 16 rings (SSSR count). The molecule has 0 fully saturated rings. The van der Waals surface area contributed by atoms with Gasteiger partial charge in [-0.05, 0) is 107 Å². The van der Waals surface area contributed by atoms with Crippen LogP contribution in [0.25, 0.3) is 90.4 Å². The summed E-state index contributed by atoms with van der Waals surface area (Å²) in [5.41, 5.74) is 22.8. The molecule has 0 N–H and O–H groups in total. The Hall–Kier alpha value is -9.12. The molecule has 0 bridgehead atoms. The van der Waals surface area contributed by atoms with Crippen molar-refractivity contribution in [2.24, 2.45) is 5.92 Å². The standard InChI is InChI=1S/C75H49NS2/c1-4-18-47(19-5-1)56-28-14-32-64-66-34-16-30-58(74(66)77-72(56)64)52-38-42-61-62-43-39-53(59-31-17-35-67-65-33-15-29-57(73(65)78-75(59)67)48-20-6-2-7-21-48)46-70(62)76(69(61)45-52)54-40-36-49(37-41-54)68-44-51-24-10-11-25-55(51)71(50-22-8-3-9-23-50)63-27-13-12-26-60(63)68/h1-46,51,61,69H. The quantitative estimate of drug-likeness (QED) is 0.154. The second kappa shape index (κ2) is 18.3. The van der Waals surface area contributed by atoms with Gasteiger partial charge in [-0.25, -0.2) is 0 Å². The molecular formula is C75H49NS2. The van der Waals surface area contributed by atoms with Crippen molar-refractivity contribution in [1.82, 2.24) is 0 Å². The fraction of sp³-hybridized carbons (Fsp3) is 0.0400. The zero-order valence-corrected chi connectivity index (χ0v) is 44.2. The minimum absolute atomic E-state index is 0.0522. The number of thiophene rings is 2. The Bertz CT molecular complexity index is 4600. The molecule has 0 amide bonds. The van der Waals surface area contributed by atoms with Crippen LogP contribution in [-0.2, 0) is 0 Å². The molecule has 10 aromatic carbocycles. The van der Waals surface area contributed by atoms with Crippen molar-refractivity contribution < 1.29 is 0 Å². The van der Waals surface area contributed by atoms with Crippen LogP contribution in [0.3, 0.4) is 0 Å². The number of benzene rings is 10. The Balaban J connectivity index is 0.844. The molecule has 366 valence electrons. The summed E-state index contributed by atoms with van der Waals surface area (Å²) in [4.78, 5) is 2.64. The van der Waals surface area contributed by atoms with E-state index >= 15 is 0 Å². The molecule has 0 spiro atoms. The topological polar surface area (TPSA) is 3.24 Å². The van der Waals surface area contributed by atoms with Crippen molar-refractivity contribution >= 4 is 91.1 Å². The third kappa shape index (κ3) is 7.19. The fourth-order valence-corrected chi connectivity index (χ4v) is 15.9. The van der Waals surface area contributed by atoms with Crippen LogP contribution in [0.5, 0.6) is 0 Å². The summed E-state index contributed by atoms with van der Waals surface area (Å²) in [6.45, 7) is 0. The van der Waals surface area contributed by atoms with Crippen LogP contribution in [0, 0.1) is 5.92 Å². The van der Waals surface area contributed by atoms with Crippen molar-refractivity contribution in [3.8, 4) is 33.4 Å². The van der Waals surface area contributed by atoms with Gasteiger partial charge in [0.05, 0.1) is 6.04 Å². The fourth-order valence-electron chi connectivity index (χ4n) is 13.1. The van der Waals surface area contributed by atoms with Crippen molar-refractivity contribution in [3.05, 3.63) is 318 Å². The van der Waals surface area contributed by atoms with Crippen molar-refractivity contribution in [1.29, 1.82) is 0 Å². The number of hydrogen-bond acceptors (Lipinski definition) is 3. The number of anilines is 2. The Morgan fingerprint density at radius 1 is 0.359 bits per heavy atom. The summed E-state index contributed by atoms with van der Waals surface area (Å²) in [5, 5.41) is 5.24. The zero-order valence-electron chi connectivity index (χ0n) is 42.6. The molecule has 78 heavy (non-hydrogen) atoms. The maximum absolute atomic E-state index is 2.64. The molecule has 3 atom stereocenters. The van der Waals surface area contributed by atoms with E-state index in [9.17, 15) is 0 Å². The average Bonchev–Trinajstić information content (AvgIpc) is 4.34. The largest absolute Gasteiger partial charge is 0.333 e. The first-order chi connectivity index (χ1) is 38.7. The van der Waals surface area contributed by atoms with Gasteiger partial charge >= 0.3 is 0 Å². The van der Waals surface area contributed by atoms with Crippen LogP contribution in [0.15, 0.2) is 285 Å². The molecule has 3 heteroatoms. The highest BCUT2D eigenvalue weighted by atomic mass is 32.1. The van der Waals surface area contributed by atoms with E-state index < -0.39 is 0 Å². The number of rotatable bonds is 7. The summed E-state index contributed by atoms with van der Waals surface area (Å²) in [7, 11) is 0. The molecule has 3 aliphatic carbocycles. The van der Waals surface area contributed by atoms with Gasteiger partial charge in [0.2, 0.25) is 0 Å². The first-order valence-corrected chi connectivity index (χ1v) is 28.7. The van der Waals surface area contributed by atoms with E-state index in [1.54, 1.807) is 0 Å². The lowest BCUT2D eigenvalue weighted by Crippen LogP contribution is -2.29. The maximum Gasteiger partial charge on any atom is 0.0635 e. The van der Waals surface area contributed by atoms with Crippen molar-refractivity contribution in [2.75, 3.05) is 4.90 Å². The number of fused-ring (bicyclic) bond motifs is 11. The van der Waals surface area contributed by atoms with E-state index in [0.29, 0.717) is 0 Å². The maximum atomic E-state index is 2.64. The van der Waals surface area contributed by atoms with Gasteiger partial charge in [-0.3, -0.25) is 0 Å². The molecule has 3 heterocycles. The predicted molar refractivity (Wildman–Crippen MR) is 335 cm³/mol. The Morgan fingerprint density at radius 3 is 1.49 bits per heavy atom. The number of hydrogen-bond donors (Lipinski definition) is 0. The SMILES string of the molecule is C1=CC2=C(c3ccccc3)c3ccccc3C(c3ccc(N4c5cc(-c6cccc7c6sc6c(-c8ccccc8)cccc67)ccc5C5C=CC(c6cccc7c6sc6c(-c8ccccc8)cccc67)=CC54)cc3)=CC2C=C1. The highest BCUT2D eigenvalue weighted by molar-refractivity contribution is 7.27. The van der Waals surface area contributed by atoms with Gasteiger partial charge < -0.3 is 4.90 Å². The summed E-state index contributed by atoms with van der Waals surface area (Å²) < 4.78 is 5.32. The second-order valence-corrected chi connectivity index (χ2v) is 23.0. The molecule has 0 radical (unpaired) electrons. The third-order valence-electron chi connectivity index (χ3n) is 16.7. The van der Waals surface area contributed by atoms with Gasteiger partial charge in [-0.15, -0.1) is 22.7 Å². The highest BCUT2D eigenvalue weighted by Gasteiger charge is 2.39. The molecule has 0 saturated carbocycles.